The van der Waals surface area contributed by atoms with Crippen LogP contribution in [0.15, 0.2) is 0 Å². The number of likely N-dealkylation sites (tertiary alicyclic amines) is 2. The van der Waals surface area contributed by atoms with E-state index in [1.54, 1.807) is 4.90 Å². The minimum atomic E-state index is -5.04. The number of piperazine rings is 1. The molecule has 1 unspecified atom stereocenters. The van der Waals surface area contributed by atoms with Crippen LogP contribution in [0.3, 0.4) is 0 Å². The van der Waals surface area contributed by atoms with Gasteiger partial charge in [0.05, 0.1) is 30.1 Å². The number of hydrogen-bond acceptors (Lipinski definition) is 6. The maximum Gasteiger partial charge on any atom is 0.471 e. The average molecular weight is 576 g/mol. The molecule has 4 rings (SSSR count). The fourth-order valence-electron chi connectivity index (χ4n) is 7.31. The molecule has 3 aliphatic heterocycles. The smallest absolute Gasteiger partial charge is 0.444 e. The van der Waals surface area contributed by atoms with E-state index >= 15 is 0 Å². The summed E-state index contributed by atoms with van der Waals surface area (Å²) in [6.07, 6.45) is -5.07. The van der Waals surface area contributed by atoms with Crippen molar-refractivity contribution in [3.8, 4) is 0 Å². The van der Waals surface area contributed by atoms with Crippen LogP contribution in [0, 0.1) is 17.3 Å². The number of methoxy groups -OCH3 is 1. The molecule has 9 nitrogen and oxygen atoms in total. The normalized spacial score (nSPS) is 34.5. The van der Waals surface area contributed by atoms with Gasteiger partial charge in [-0.3, -0.25) is 9.59 Å². The Balaban J connectivity index is 1.56. The molecule has 4 aliphatic rings. The monoisotopic (exact) mass is 575 g/mol. The molecule has 2 bridgehead atoms. The van der Waals surface area contributed by atoms with Crippen molar-refractivity contribution in [2.45, 2.75) is 109 Å². The van der Waals surface area contributed by atoms with Crippen LogP contribution in [0.2, 0.25) is 0 Å². The molecule has 3 saturated heterocycles. The van der Waals surface area contributed by atoms with Gasteiger partial charge < -0.3 is 28.9 Å². The molecule has 7 atom stereocenters. The lowest BCUT2D eigenvalue weighted by Crippen LogP contribution is -2.59. The van der Waals surface area contributed by atoms with Crippen LogP contribution in [-0.4, -0.2) is 108 Å². The number of fused-ring (bicyclic) bond motifs is 2. The van der Waals surface area contributed by atoms with Gasteiger partial charge in [0.25, 0.3) is 0 Å². The van der Waals surface area contributed by atoms with E-state index in [4.69, 9.17) is 14.2 Å². The van der Waals surface area contributed by atoms with Crippen LogP contribution in [0.1, 0.15) is 67.2 Å². The molecule has 228 valence electrons. The lowest BCUT2D eigenvalue weighted by Gasteiger charge is -2.44. The molecular formula is C28H44F3N3O6. The zero-order valence-electron chi connectivity index (χ0n) is 24.6. The zero-order valence-corrected chi connectivity index (χ0v) is 24.6. The van der Waals surface area contributed by atoms with Crippen molar-refractivity contribution in [2.24, 2.45) is 17.3 Å². The molecule has 0 radical (unpaired) electrons. The van der Waals surface area contributed by atoms with E-state index in [1.807, 2.05) is 46.4 Å². The summed E-state index contributed by atoms with van der Waals surface area (Å²) in [7, 11) is 1.41. The average Bonchev–Trinajstić information content (AvgIpc) is 3.54. The number of nitrogens with zero attached hydrogens (tertiary/aromatic N) is 3. The molecule has 3 heterocycles. The maximum atomic E-state index is 14.3. The van der Waals surface area contributed by atoms with Gasteiger partial charge in [0.15, 0.2) is 0 Å². The Kier molecular flexibility index (Phi) is 8.46. The van der Waals surface area contributed by atoms with E-state index in [1.165, 1.54) is 7.11 Å². The third-order valence-corrected chi connectivity index (χ3v) is 9.53. The third kappa shape index (κ3) is 5.54. The minimum absolute atomic E-state index is 0.0471. The van der Waals surface area contributed by atoms with Crippen LogP contribution in [0.5, 0.6) is 0 Å². The molecule has 0 aromatic heterocycles. The van der Waals surface area contributed by atoms with Crippen LogP contribution in [-0.2, 0) is 23.8 Å². The van der Waals surface area contributed by atoms with Gasteiger partial charge in [-0.25, -0.2) is 4.79 Å². The second-order valence-corrected chi connectivity index (χ2v) is 13.2. The number of hydrogen-bond donors (Lipinski definition) is 0. The summed E-state index contributed by atoms with van der Waals surface area (Å²) < 4.78 is 58.0. The van der Waals surface area contributed by atoms with Gasteiger partial charge >= 0.3 is 18.2 Å². The number of rotatable bonds is 5. The van der Waals surface area contributed by atoms with Crippen molar-refractivity contribution in [2.75, 3.05) is 33.4 Å². The Bertz CT molecular complexity index is 985. The Morgan fingerprint density at radius 1 is 1.05 bits per heavy atom. The van der Waals surface area contributed by atoms with Crippen molar-refractivity contribution < 1.29 is 41.8 Å². The molecule has 4 fully saturated rings. The summed E-state index contributed by atoms with van der Waals surface area (Å²) in [5.41, 5.74) is -1.55. The highest BCUT2D eigenvalue weighted by Crippen LogP contribution is 2.51. The van der Waals surface area contributed by atoms with Crippen molar-refractivity contribution in [3.05, 3.63) is 0 Å². The standard InChI is InChI=1S/C28H44F3N3O6/c1-16(2)27(23(35)32-13-21-17(3)20(32)14-33(21)25(37)40-26(4,5)6)10-8-18(12-27)34(24(36)28(29,30)31)19-9-11-39-15-22(19)38-7/h16-22H,8-15H2,1-7H3/t17?,18-,19+,20+,21+,22-,27+/m1/s1. The second kappa shape index (κ2) is 11.0. The van der Waals surface area contributed by atoms with E-state index in [0.29, 0.717) is 25.9 Å². The van der Waals surface area contributed by atoms with Crippen molar-refractivity contribution in [1.29, 1.82) is 0 Å². The van der Waals surface area contributed by atoms with Crippen molar-refractivity contribution >= 4 is 17.9 Å². The number of amides is 3. The topological polar surface area (TPSA) is 88.6 Å². The first-order valence-electron chi connectivity index (χ1n) is 14.3. The van der Waals surface area contributed by atoms with E-state index in [9.17, 15) is 27.6 Å². The fourth-order valence-corrected chi connectivity index (χ4v) is 7.31. The molecule has 3 amide bonds. The Labute approximate surface area is 234 Å². The van der Waals surface area contributed by atoms with Crippen molar-refractivity contribution in [3.63, 3.8) is 0 Å². The molecule has 12 heteroatoms. The van der Waals surface area contributed by atoms with Crippen LogP contribution in [0.25, 0.3) is 0 Å². The van der Waals surface area contributed by atoms with Gasteiger partial charge in [-0.2, -0.15) is 13.2 Å². The van der Waals surface area contributed by atoms with Gasteiger partial charge in [-0.15, -0.1) is 0 Å². The predicted octanol–water partition coefficient (Wildman–Crippen LogP) is 3.84. The maximum absolute atomic E-state index is 14.3. The first-order valence-corrected chi connectivity index (χ1v) is 14.3. The van der Waals surface area contributed by atoms with Crippen LogP contribution >= 0.6 is 0 Å². The molecule has 1 saturated carbocycles. The molecule has 0 aromatic carbocycles. The number of ether oxygens (including phenoxy) is 3. The summed E-state index contributed by atoms with van der Waals surface area (Å²) >= 11 is 0. The Morgan fingerprint density at radius 2 is 1.68 bits per heavy atom. The van der Waals surface area contributed by atoms with Gasteiger partial charge in [0, 0.05) is 38.8 Å². The van der Waals surface area contributed by atoms with E-state index in [-0.39, 0.29) is 55.9 Å². The van der Waals surface area contributed by atoms with Gasteiger partial charge in [-0.1, -0.05) is 20.8 Å². The molecule has 0 spiro atoms. The highest BCUT2D eigenvalue weighted by molar-refractivity contribution is 5.86. The summed E-state index contributed by atoms with van der Waals surface area (Å²) in [5.74, 6) is -2.09. The number of alkyl halides is 3. The Morgan fingerprint density at radius 3 is 2.20 bits per heavy atom. The highest BCUT2D eigenvalue weighted by atomic mass is 19.4. The first kappa shape index (κ1) is 30.9. The zero-order chi connectivity index (χ0) is 29.8. The lowest BCUT2D eigenvalue weighted by molar-refractivity contribution is -0.197. The van der Waals surface area contributed by atoms with Crippen LogP contribution in [0.4, 0.5) is 18.0 Å². The predicted molar refractivity (Wildman–Crippen MR) is 139 cm³/mol. The second-order valence-electron chi connectivity index (χ2n) is 13.2. The molecule has 40 heavy (non-hydrogen) atoms. The molecule has 0 N–H and O–H groups in total. The highest BCUT2D eigenvalue weighted by Gasteiger charge is 2.60. The number of halogens is 3. The Hall–Kier alpha value is -2.08. The van der Waals surface area contributed by atoms with E-state index in [0.717, 1.165) is 4.90 Å². The van der Waals surface area contributed by atoms with Crippen molar-refractivity contribution in [1.82, 2.24) is 14.7 Å². The molecule has 0 aromatic rings. The largest absolute Gasteiger partial charge is 0.471 e. The summed E-state index contributed by atoms with van der Waals surface area (Å²) in [4.78, 5) is 44.4. The van der Waals surface area contributed by atoms with Gasteiger partial charge in [-0.05, 0) is 52.4 Å². The van der Waals surface area contributed by atoms with E-state index in [2.05, 4.69) is 0 Å². The quantitative estimate of drug-likeness (QED) is 0.495. The summed E-state index contributed by atoms with van der Waals surface area (Å²) in [6.45, 7) is 12.4. The lowest BCUT2D eigenvalue weighted by atomic mass is 9.74. The van der Waals surface area contributed by atoms with Gasteiger partial charge in [0.2, 0.25) is 5.91 Å². The van der Waals surface area contributed by atoms with Gasteiger partial charge in [0.1, 0.15) is 11.7 Å². The SMILES string of the molecule is CO[C@@H]1COCC[C@@H]1N(C(=O)C(F)(F)F)[C@@H]1CC[C@@](C(=O)N2C[C@H]3C(C)[C@@H]2CN3C(=O)OC(C)(C)C)(C(C)C)C1. The van der Waals surface area contributed by atoms with E-state index < -0.39 is 47.4 Å². The fraction of sp³-hybridized carbons (Fsp3) is 0.893. The number of carbonyl (C=O) groups is 3. The minimum Gasteiger partial charge on any atom is -0.444 e. The summed E-state index contributed by atoms with van der Waals surface area (Å²) in [6, 6.07) is -1.92. The third-order valence-electron chi connectivity index (χ3n) is 9.53. The summed E-state index contributed by atoms with van der Waals surface area (Å²) in [5, 5.41) is 0. The number of carbonyl (C=O) groups excluding carboxylic acids is 3. The molecule has 1 aliphatic carbocycles. The first-order chi connectivity index (χ1) is 18.5. The van der Waals surface area contributed by atoms with Crippen LogP contribution < -0.4 is 0 Å². The molecular weight excluding hydrogens is 531 g/mol.